The molecule has 26 heavy (non-hydrogen) atoms. The molecule has 4 heteroatoms. The van der Waals surface area contributed by atoms with E-state index in [4.69, 9.17) is 4.98 Å². The van der Waals surface area contributed by atoms with Crippen LogP contribution in [-0.2, 0) is 13.0 Å². The second-order valence-corrected chi connectivity index (χ2v) is 7.56. The summed E-state index contributed by atoms with van der Waals surface area (Å²) >= 11 is 0. The van der Waals surface area contributed by atoms with Gasteiger partial charge in [-0.25, -0.2) is 4.98 Å². The normalized spacial score (nSPS) is 17.5. The van der Waals surface area contributed by atoms with E-state index in [1.807, 2.05) is 0 Å². The molecule has 1 aromatic carbocycles. The first-order valence-electron chi connectivity index (χ1n) is 10.2. The lowest BCUT2D eigenvalue weighted by Gasteiger charge is -2.38. The molecule has 0 saturated carbocycles. The third kappa shape index (κ3) is 4.54. The number of hydrogen-bond acceptors (Lipinski definition) is 3. The Bertz CT molecular complexity index is 656. The van der Waals surface area contributed by atoms with Gasteiger partial charge in [-0.1, -0.05) is 50.6 Å². The Balaban J connectivity index is 1.80. The Hall–Kier alpha value is -1.65. The van der Waals surface area contributed by atoms with Gasteiger partial charge in [0, 0.05) is 50.0 Å². The minimum absolute atomic E-state index is 0.599. The van der Waals surface area contributed by atoms with Gasteiger partial charge in [-0.05, 0) is 26.3 Å². The van der Waals surface area contributed by atoms with Crippen LogP contribution in [0.4, 0.5) is 0 Å². The lowest BCUT2D eigenvalue weighted by molar-refractivity contribution is 0.0995. The van der Waals surface area contributed by atoms with E-state index >= 15 is 0 Å². The lowest BCUT2D eigenvalue weighted by atomic mass is 10.1. The van der Waals surface area contributed by atoms with Crippen LogP contribution in [0.3, 0.4) is 0 Å². The molecule has 1 atom stereocenters. The van der Waals surface area contributed by atoms with Crippen molar-refractivity contribution in [1.29, 1.82) is 0 Å². The molecule has 0 aliphatic carbocycles. The van der Waals surface area contributed by atoms with Gasteiger partial charge in [0.1, 0.15) is 0 Å². The molecule has 0 spiro atoms. The average Bonchev–Trinajstić information content (AvgIpc) is 3.08. The van der Waals surface area contributed by atoms with Crippen molar-refractivity contribution in [2.75, 3.05) is 33.2 Å². The van der Waals surface area contributed by atoms with Crippen LogP contribution in [-0.4, -0.2) is 58.6 Å². The van der Waals surface area contributed by atoms with Gasteiger partial charge in [-0.2, -0.15) is 0 Å². The maximum Gasteiger partial charge on any atom is 0.0956 e. The molecule has 1 fully saturated rings. The average molecular weight is 355 g/mol. The topological polar surface area (TPSA) is 24.3 Å². The van der Waals surface area contributed by atoms with Crippen LogP contribution >= 0.6 is 0 Å². The van der Waals surface area contributed by atoms with Crippen LogP contribution in [0.5, 0.6) is 0 Å². The molecule has 2 heterocycles. The van der Waals surface area contributed by atoms with E-state index in [0.29, 0.717) is 6.04 Å². The highest BCUT2D eigenvalue weighted by Gasteiger charge is 2.23. The summed E-state index contributed by atoms with van der Waals surface area (Å²) in [5, 5.41) is 0. The van der Waals surface area contributed by atoms with Crippen LogP contribution in [0.1, 0.15) is 38.8 Å². The molecule has 1 aromatic heterocycles. The first kappa shape index (κ1) is 19.1. The van der Waals surface area contributed by atoms with Crippen LogP contribution in [0, 0.1) is 0 Å². The van der Waals surface area contributed by atoms with E-state index < -0.39 is 0 Å². The highest BCUT2D eigenvalue weighted by Crippen LogP contribution is 2.25. The fourth-order valence-corrected chi connectivity index (χ4v) is 3.93. The van der Waals surface area contributed by atoms with Crippen molar-refractivity contribution in [1.82, 2.24) is 19.4 Å². The predicted octanol–water partition coefficient (Wildman–Crippen LogP) is 3.92. The fraction of sp³-hybridized carbons (Fsp3) is 0.591. The molecular weight excluding hydrogens is 320 g/mol. The molecule has 4 nitrogen and oxygen atoms in total. The molecule has 0 unspecified atom stereocenters. The summed E-state index contributed by atoms with van der Waals surface area (Å²) in [7, 11) is 2.23. The Morgan fingerprint density at radius 3 is 2.42 bits per heavy atom. The second kappa shape index (κ2) is 9.33. The van der Waals surface area contributed by atoms with E-state index in [2.05, 4.69) is 71.9 Å². The van der Waals surface area contributed by atoms with Crippen LogP contribution in [0.15, 0.2) is 36.7 Å². The van der Waals surface area contributed by atoms with Gasteiger partial charge in [-0.15, -0.1) is 0 Å². The summed E-state index contributed by atoms with van der Waals surface area (Å²) in [6.07, 6.45) is 6.81. The molecule has 0 amide bonds. The highest BCUT2D eigenvalue weighted by molar-refractivity contribution is 5.61. The number of hydrogen-bond donors (Lipinski definition) is 0. The standard InChI is InChI=1S/C22H34N4/c1-4-6-12-21-22(19-10-8-7-9-11-19)23-18-26(21)17-20(5-2)25-15-13-24(3)14-16-25/h7-11,18,20H,4-6,12-17H2,1-3H3/t20-/m1/s1. The molecule has 0 N–H and O–H groups in total. The number of imidazole rings is 1. The zero-order chi connectivity index (χ0) is 18.4. The Morgan fingerprint density at radius 1 is 1.04 bits per heavy atom. The smallest absolute Gasteiger partial charge is 0.0956 e. The monoisotopic (exact) mass is 354 g/mol. The second-order valence-electron chi connectivity index (χ2n) is 7.56. The van der Waals surface area contributed by atoms with Crippen molar-refractivity contribution in [3.05, 3.63) is 42.4 Å². The van der Waals surface area contributed by atoms with Gasteiger partial charge in [0.15, 0.2) is 0 Å². The zero-order valence-corrected chi connectivity index (χ0v) is 16.7. The maximum absolute atomic E-state index is 4.82. The number of unbranched alkanes of at least 4 members (excludes halogenated alkanes) is 1. The maximum atomic E-state index is 4.82. The number of likely N-dealkylation sites (N-methyl/N-ethyl adjacent to an activating group) is 1. The fourth-order valence-electron chi connectivity index (χ4n) is 3.93. The number of piperazine rings is 1. The van der Waals surface area contributed by atoms with Crippen LogP contribution < -0.4 is 0 Å². The van der Waals surface area contributed by atoms with Crippen molar-refractivity contribution in [3.8, 4) is 11.3 Å². The minimum atomic E-state index is 0.599. The number of benzene rings is 1. The minimum Gasteiger partial charge on any atom is -0.332 e. The Labute approximate surface area is 158 Å². The Morgan fingerprint density at radius 2 is 1.77 bits per heavy atom. The summed E-state index contributed by atoms with van der Waals surface area (Å²) in [5.74, 6) is 0. The molecule has 1 saturated heterocycles. The first-order valence-corrected chi connectivity index (χ1v) is 10.2. The van der Waals surface area contributed by atoms with Gasteiger partial charge < -0.3 is 9.47 Å². The van der Waals surface area contributed by atoms with Gasteiger partial charge in [0.2, 0.25) is 0 Å². The lowest BCUT2D eigenvalue weighted by Crippen LogP contribution is -2.50. The molecule has 1 aliphatic rings. The summed E-state index contributed by atoms with van der Waals surface area (Å²) in [6, 6.07) is 11.3. The quantitative estimate of drug-likeness (QED) is 0.718. The van der Waals surface area contributed by atoms with E-state index in [0.717, 1.165) is 13.0 Å². The third-order valence-corrected chi connectivity index (χ3v) is 5.69. The summed E-state index contributed by atoms with van der Waals surface area (Å²) in [4.78, 5) is 9.92. The highest BCUT2D eigenvalue weighted by atomic mass is 15.3. The van der Waals surface area contributed by atoms with Crippen molar-refractivity contribution in [2.45, 2.75) is 52.1 Å². The summed E-state index contributed by atoms with van der Waals surface area (Å²) in [6.45, 7) is 10.4. The number of aromatic nitrogens is 2. The SMILES string of the molecule is CCCCc1c(-c2ccccc2)ncn1C[C@@H](CC)N1CCN(C)CC1. The molecular formula is C22H34N4. The third-order valence-electron chi connectivity index (χ3n) is 5.69. The van der Waals surface area contributed by atoms with Gasteiger partial charge in [0.05, 0.1) is 12.0 Å². The van der Waals surface area contributed by atoms with Crippen LogP contribution in [0.25, 0.3) is 11.3 Å². The van der Waals surface area contributed by atoms with Crippen molar-refractivity contribution < 1.29 is 0 Å². The number of nitrogens with zero attached hydrogens (tertiary/aromatic N) is 4. The van der Waals surface area contributed by atoms with E-state index in [1.165, 1.54) is 62.4 Å². The van der Waals surface area contributed by atoms with Crippen molar-refractivity contribution in [3.63, 3.8) is 0 Å². The predicted molar refractivity (Wildman–Crippen MR) is 109 cm³/mol. The van der Waals surface area contributed by atoms with Crippen LogP contribution in [0.2, 0.25) is 0 Å². The van der Waals surface area contributed by atoms with E-state index in [-0.39, 0.29) is 0 Å². The van der Waals surface area contributed by atoms with Crippen molar-refractivity contribution >= 4 is 0 Å². The largest absolute Gasteiger partial charge is 0.332 e. The molecule has 1 aliphatic heterocycles. The molecule has 3 rings (SSSR count). The summed E-state index contributed by atoms with van der Waals surface area (Å²) in [5.41, 5.74) is 3.82. The summed E-state index contributed by atoms with van der Waals surface area (Å²) < 4.78 is 2.44. The van der Waals surface area contributed by atoms with Gasteiger partial charge in [-0.3, -0.25) is 4.90 Å². The molecule has 0 radical (unpaired) electrons. The zero-order valence-electron chi connectivity index (χ0n) is 16.7. The molecule has 2 aromatic rings. The number of rotatable bonds is 8. The molecule has 142 valence electrons. The van der Waals surface area contributed by atoms with Gasteiger partial charge >= 0.3 is 0 Å². The van der Waals surface area contributed by atoms with E-state index in [1.54, 1.807) is 0 Å². The van der Waals surface area contributed by atoms with E-state index in [9.17, 15) is 0 Å². The Kier molecular flexibility index (Phi) is 6.86. The first-order chi connectivity index (χ1) is 12.7. The van der Waals surface area contributed by atoms with Crippen molar-refractivity contribution in [2.24, 2.45) is 0 Å². The van der Waals surface area contributed by atoms with Gasteiger partial charge in [0.25, 0.3) is 0 Å². The molecule has 0 bridgehead atoms.